The predicted octanol–water partition coefficient (Wildman–Crippen LogP) is 1.36. The number of imide groups is 1. The molecule has 2 unspecified atom stereocenters. The molecule has 1 aromatic carbocycles. The number of esters is 1. The Morgan fingerprint density at radius 2 is 1.67 bits per heavy atom. The highest BCUT2D eigenvalue weighted by atomic mass is 32.2. The highest BCUT2D eigenvalue weighted by molar-refractivity contribution is 7.79. The molecule has 248 valence electrons. The van der Waals surface area contributed by atoms with Gasteiger partial charge in [-0.25, -0.2) is 4.21 Å². The molecule has 1 aromatic rings. The Bertz CT molecular complexity index is 1250. The van der Waals surface area contributed by atoms with Crippen molar-refractivity contribution in [2.24, 2.45) is 0 Å². The largest absolute Gasteiger partial charge is 0.461 e. The van der Waals surface area contributed by atoms with E-state index < -0.39 is 34.9 Å². The summed E-state index contributed by atoms with van der Waals surface area (Å²) in [6.45, 7) is 3.67. The zero-order valence-electron chi connectivity index (χ0n) is 25.6. The average Bonchev–Trinajstić information content (AvgIpc) is 3.30. The molecule has 2 rings (SSSR count). The van der Waals surface area contributed by atoms with E-state index in [1.54, 1.807) is 18.2 Å². The Hall–Kier alpha value is -3.95. The predicted molar refractivity (Wildman–Crippen MR) is 165 cm³/mol. The fraction of sp³-hybridized carbons (Fsp3) is 0.533. The number of aryl methyl sites for hydroxylation is 1. The van der Waals surface area contributed by atoms with E-state index in [9.17, 15) is 33.0 Å². The van der Waals surface area contributed by atoms with Gasteiger partial charge in [0.25, 0.3) is 11.8 Å². The van der Waals surface area contributed by atoms with E-state index in [1.807, 2.05) is 0 Å². The quantitative estimate of drug-likeness (QED) is 0.0652. The third kappa shape index (κ3) is 15.1. The molecule has 0 spiro atoms. The van der Waals surface area contributed by atoms with E-state index >= 15 is 0 Å². The summed E-state index contributed by atoms with van der Waals surface area (Å²) in [5.41, 5.74) is 2.09. The maximum Gasteiger partial charge on any atom is 0.302 e. The molecule has 0 bridgehead atoms. The number of hydrogen-bond acceptors (Lipinski definition) is 9. The molecule has 2 atom stereocenters. The van der Waals surface area contributed by atoms with Gasteiger partial charge >= 0.3 is 5.97 Å². The van der Waals surface area contributed by atoms with Crippen LogP contribution < -0.4 is 16.0 Å². The first-order chi connectivity index (χ1) is 21.5. The molecule has 1 aliphatic rings. The van der Waals surface area contributed by atoms with Gasteiger partial charge in [0.15, 0.2) is 11.1 Å². The molecular weight excluding hydrogens is 608 g/mol. The van der Waals surface area contributed by atoms with E-state index in [2.05, 4.69) is 16.0 Å². The standard InChI is InChI=1S/C30H42N4O10S/c1-21(32-27(37)19-31-26(36)9-4-3-5-14-34-28(38)12-13-29(34)39)30(40)33-25-11-10-24(20-44-22(2)35)23(18-25)8-6-15-43-16-7-17-45(41)42/h10-13,18,21H,3-9,14-17,19-20H2,1-2H3,(H,31,36)(H,32,37)(H,33,40)(H,41,42). The molecule has 1 heterocycles. The Balaban J connectivity index is 1.74. The number of nitrogens with one attached hydrogen (secondary N) is 3. The van der Waals surface area contributed by atoms with Crippen molar-refractivity contribution in [3.05, 3.63) is 41.5 Å². The van der Waals surface area contributed by atoms with Crippen molar-refractivity contribution in [3.8, 4) is 0 Å². The summed E-state index contributed by atoms with van der Waals surface area (Å²) in [6, 6.07) is 4.27. The van der Waals surface area contributed by atoms with Gasteiger partial charge in [0, 0.05) is 50.9 Å². The molecule has 1 aliphatic heterocycles. The minimum Gasteiger partial charge on any atom is -0.461 e. The van der Waals surface area contributed by atoms with Crippen LogP contribution in [-0.4, -0.2) is 87.3 Å². The average molecular weight is 651 g/mol. The molecule has 45 heavy (non-hydrogen) atoms. The summed E-state index contributed by atoms with van der Waals surface area (Å²) in [6.07, 6.45) is 6.02. The van der Waals surface area contributed by atoms with E-state index in [0.717, 1.165) is 16.0 Å². The van der Waals surface area contributed by atoms with Crippen LogP contribution in [0.4, 0.5) is 5.69 Å². The molecule has 0 aliphatic carbocycles. The number of benzene rings is 1. The van der Waals surface area contributed by atoms with Gasteiger partial charge in [0.05, 0.1) is 12.3 Å². The maximum absolute atomic E-state index is 12.8. The lowest BCUT2D eigenvalue weighted by atomic mass is 10.0. The topological polar surface area (TPSA) is 198 Å². The minimum absolute atomic E-state index is 0.0680. The normalized spacial score (nSPS) is 13.8. The minimum atomic E-state index is -1.85. The maximum atomic E-state index is 12.8. The van der Waals surface area contributed by atoms with Crippen molar-refractivity contribution in [2.45, 2.75) is 71.4 Å². The molecule has 0 radical (unpaired) electrons. The first-order valence-corrected chi connectivity index (χ1v) is 16.0. The first kappa shape index (κ1) is 37.2. The molecule has 4 N–H and O–H groups in total. The van der Waals surface area contributed by atoms with Crippen LogP contribution in [0.3, 0.4) is 0 Å². The molecule has 5 amide bonds. The van der Waals surface area contributed by atoms with Gasteiger partial charge in [0.1, 0.15) is 12.6 Å². The first-order valence-electron chi connectivity index (χ1n) is 14.8. The van der Waals surface area contributed by atoms with E-state index in [0.29, 0.717) is 64.0 Å². The Kier molecular flexibility index (Phi) is 16.7. The van der Waals surface area contributed by atoms with Crippen LogP contribution in [0, 0.1) is 0 Å². The van der Waals surface area contributed by atoms with Crippen molar-refractivity contribution in [1.29, 1.82) is 0 Å². The second-order valence-corrected chi connectivity index (χ2v) is 11.4. The van der Waals surface area contributed by atoms with E-state index in [4.69, 9.17) is 14.0 Å². The van der Waals surface area contributed by atoms with Gasteiger partial charge in [0.2, 0.25) is 17.7 Å². The number of nitrogens with zero attached hydrogens (tertiary/aromatic N) is 1. The van der Waals surface area contributed by atoms with Crippen LogP contribution in [0.5, 0.6) is 0 Å². The molecule has 0 fully saturated rings. The van der Waals surface area contributed by atoms with E-state index in [-0.39, 0.29) is 43.0 Å². The summed E-state index contributed by atoms with van der Waals surface area (Å²) >= 11 is -1.85. The number of amides is 5. The van der Waals surface area contributed by atoms with Crippen LogP contribution in [0.1, 0.15) is 63.5 Å². The van der Waals surface area contributed by atoms with Crippen molar-refractivity contribution >= 4 is 52.3 Å². The number of anilines is 1. The molecule has 0 saturated heterocycles. The number of unbranched alkanes of at least 4 members (excludes halogenated alkanes) is 2. The summed E-state index contributed by atoms with van der Waals surface area (Å²) in [5, 5.41) is 7.82. The number of carbonyl (C=O) groups is 6. The van der Waals surface area contributed by atoms with Gasteiger partial charge < -0.3 is 30.0 Å². The van der Waals surface area contributed by atoms with Gasteiger partial charge in [-0.05, 0) is 62.3 Å². The Labute approximate surface area is 264 Å². The molecule has 0 aromatic heterocycles. The van der Waals surface area contributed by atoms with Crippen molar-refractivity contribution in [3.63, 3.8) is 0 Å². The van der Waals surface area contributed by atoms with Crippen LogP contribution in [0.25, 0.3) is 0 Å². The van der Waals surface area contributed by atoms with Gasteiger partial charge in [-0.2, -0.15) is 0 Å². The number of hydrogen-bond donors (Lipinski definition) is 4. The van der Waals surface area contributed by atoms with Crippen LogP contribution in [0.15, 0.2) is 30.4 Å². The third-order valence-electron chi connectivity index (χ3n) is 6.65. The second kappa shape index (κ2) is 20.2. The second-order valence-electron chi connectivity index (χ2n) is 10.4. The lowest BCUT2D eigenvalue weighted by Gasteiger charge is -2.16. The SMILES string of the molecule is CC(=O)OCc1ccc(NC(=O)C(C)NC(=O)CNC(=O)CCCCCN2C(=O)C=CC2=O)cc1CCCOCCCS(=O)O. The summed E-state index contributed by atoms with van der Waals surface area (Å²) in [5.74, 6) is -2.28. The monoisotopic (exact) mass is 650 g/mol. The highest BCUT2D eigenvalue weighted by Crippen LogP contribution is 2.19. The summed E-state index contributed by atoms with van der Waals surface area (Å²) in [4.78, 5) is 72.7. The van der Waals surface area contributed by atoms with Crippen molar-refractivity contribution in [2.75, 3.05) is 37.4 Å². The van der Waals surface area contributed by atoms with Crippen LogP contribution in [-0.2, 0) is 62.3 Å². The van der Waals surface area contributed by atoms with E-state index in [1.165, 1.54) is 26.0 Å². The Morgan fingerprint density at radius 1 is 0.956 bits per heavy atom. The zero-order chi connectivity index (χ0) is 33.2. The molecule has 15 heteroatoms. The van der Waals surface area contributed by atoms with Gasteiger partial charge in [-0.3, -0.25) is 33.7 Å². The lowest BCUT2D eigenvalue weighted by Crippen LogP contribution is -2.45. The Morgan fingerprint density at radius 3 is 2.36 bits per heavy atom. The highest BCUT2D eigenvalue weighted by Gasteiger charge is 2.22. The fourth-order valence-corrected chi connectivity index (χ4v) is 4.63. The number of rotatable bonds is 21. The van der Waals surface area contributed by atoms with Crippen LogP contribution in [0.2, 0.25) is 0 Å². The number of carbonyl (C=O) groups excluding carboxylic acids is 6. The fourth-order valence-electron chi connectivity index (χ4n) is 4.27. The van der Waals surface area contributed by atoms with Gasteiger partial charge in [-0.15, -0.1) is 0 Å². The number of ether oxygens (including phenoxy) is 2. The van der Waals surface area contributed by atoms with Gasteiger partial charge in [-0.1, -0.05) is 12.5 Å². The van der Waals surface area contributed by atoms with Crippen molar-refractivity contribution < 1.29 is 47.0 Å². The summed E-state index contributed by atoms with van der Waals surface area (Å²) in [7, 11) is 0. The molecule has 0 saturated carbocycles. The zero-order valence-corrected chi connectivity index (χ0v) is 26.4. The summed E-state index contributed by atoms with van der Waals surface area (Å²) < 4.78 is 30.2. The third-order valence-corrected chi connectivity index (χ3v) is 7.29. The smallest absolute Gasteiger partial charge is 0.302 e. The van der Waals surface area contributed by atoms with Crippen molar-refractivity contribution in [1.82, 2.24) is 15.5 Å². The lowest BCUT2D eigenvalue weighted by molar-refractivity contribution is -0.142. The molecular formula is C30H42N4O10S. The van der Waals surface area contributed by atoms with Crippen LogP contribution >= 0.6 is 0 Å². The molecule has 14 nitrogen and oxygen atoms in total.